The van der Waals surface area contributed by atoms with Crippen LogP contribution >= 0.6 is 0 Å². The molecule has 0 aliphatic heterocycles. The molecule has 0 aliphatic carbocycles. The third-order valence-corrected chi connectivity index (χ3v) is 2.05. The Kier molecular flexibility index (Phi) is 5.41. The maximum Gasteiger partial charge on any atom is 0.119 e. The lowest BCUT2D eigenvalue weighted by molar-refractivity contribution is -0.107. The van der Waals surface area contributed by atoms with Crippen LogP contribution in [0.2, 0.25) is 0 Å². The van der Waals surface area contributed by atoms with Gasteiger partial charge in [0.15, 0.2) is 0 Å². The van der Waals surface area contributed by atoms with E-state index in [-0.39, 0.29) is 0 Å². The summed E-state index contributed by atoms with van der Waals surface area (Å²) in [4.78, 5) is 10.0. The summed E-state index contributed by atoms with van der Waals surface area (Å²) in [7, 11) is 0. The Morgan fingerprint density at radius 2 is 1.71 bits per heavy atom. The summed E-state index contributed by atoms with van der Waals surface area (Å²) in [5.41, 5.74) is 1.24. The number of unbranched alkanes of at least 4 members (excludes halogenated alkanes) is 3. The van der Waals surface area contributed by atoms with E-state index in [1.165, 1.54) is 5.56 Å². The predicted molar refractivity (Wildman–Crippen MR) is 60.0 cm³/mol. The van der Waals surface area contributed by atoms with Gasteiger partial charge in [-0.1, -0.05) is 42.5 Å². The Morgan fingerprint density at radius 3 is 2.43 bits per heavy atom. The molecule has 0 fully saturated rings. The SMILES string of the molecule is O=CCCCC/C=C/c1ccccc1. The van der Waals surface area contributed by atoms with Crippen LogP contribution in [0.25, 0.3) is 6.08 Å². The predicted octanol–water partition coefficient (Wildman–Crippen LogP) is 3.46. The van der Waals surface area contributed by atoms with Gasteiger partial charge in [0.25, 0.3) is 0 Å². The first-order chi connectivity index (χ1) is 6.93. The van der Waals surface area contributed by atoms with Gasteiger partial charge >= 0.3 is 0 Å². The van der Waals surface area contributed by atoms with Gasteiger partial charge in [-0.15, -0.1) is 0 Å². The van der Waals surface area contributed by atoms with Crippen molar-refractivity contribution in [1.82, 2.24) is 0 Å². The van der Waals surface area contributed by atoms with Gasteiger partial charge in [0, 0.05) is 6.42 Å². The number of carbonyl (C=O) groups is 1. The lowest BCUT2D eigenvalue weighted by Gasteiger charge is -1.92. The third-order valence-electron chi connectivity index (χ3n) is 2.05. The highest BCUT2D eigenvalue weighted by Gasteiger charge is 1.85. The second-order valence-electron chi connectivity index (χ2n) is 3.26. The van der Waals surface area contributed by atoms with Crippen molar-refractivity contribution in [2.45, 2.75) is 25.7 Å². The fourth-order valence-electron chi connectivity index (χ4n) is 1.27. The second-order valence-corrected chi connectivity index (χ2v) is 3.26. The van der Waals surface area contributed by atoms with Crippen molar-refractivity contribution in [2.75, 3.05) is 0 Å². The molecule has 1 aromatic carbocycles. The number of rotatable bonds is 6. The number of benzene rings is 1. The molecule has 14 heavy (non-hydrogen) atoms. The van der Waals surface area contributed by atoms with E-state index >= 15 is 0 Å². The molecule has 0 atom stereocenters. The van der Waals surface area contributed by atoms with Gasteiger partial charge in [-0.05, 0) is 24.8 Å². The van der Waals surface area contributed by atoms with E-state index in [0.717, 1.165) is 25.5 Å². The van der Waals surface area contributed by atoms with Gasteiger partial charge in [0.1, 0.15) is 6.29 Å². The molecule has 0 spiro atoms. The van der Waals surface area contributed by atoms with Crippen LogP contribution in [0.5, 0.6) is 0 Å². The minimum atomic E-state index is 0.694. The first-order valence-electron chi connectivity index (χ1n) is 5.08. The van der Waals surface area contributed by atoms with Crippen LogP contribution in [0.3, 0.4) is 0 Å². The largest absolute Gasteiger partial charge is 0.303 e. The van der Waals surface area contributed by atoms with Crippen molar-refractivity contribution in [3.63, 3.8) is 0 Å². The zero-order valence-electron chi connectivity index (χ0n) is 8.36. The van der Waals surface area contributed by atoms with Crippen LogP contribution in [-0.2, 0) is 4.79 Å². The monoisotopic (exact) mass is 188 g/mol. The molecule has 0 saturated heterocycles. The van der Waals surface area contributed by atoms with Gasteiger partial charge in [-0.2, -0.15) is 0 Å². The highest BCUT2D eigenvalue weighted by Crippen LogP contribution is 2.04. The number of carbonyl (C=O) groups excluding carboxylic acids is 1. The van der Waals surface area contributed by atoms with Gasteiger partial charge in [0.05, 0.1) is 0 Å². The zero-order chi connectivity index (χ0) is 10.1. The molecule has 0 amide bonds. The molecule has 0 bridgehead atoms. The summed E-state index contributed by atoms with van der Waals surface area (Å²) in [6.07, 6.45) is 9.13. The molecule has 0 aliphatic rings. The minimum absolute atomic E-state index is 0.694. The van der Waals surface area contributed by atoms with Crippen molar-refractivity contribution in [3.8, 4) is 0 Å². The summed E-state index contributed by atoms with van der Waals surface area (Å²) < 4.78 is 0. The topological polar surface area (TPSA) is 17.1 Å². The molecule has 0 saturated carbocycles. The molecule has 0 N–H and O–H groups in total. The number of allylic oxidation sites excluding steroid dienone is 1. The lowest BCUT2D eigenvalue weighted by atomic mass is 10.1. The highest BCUT2D eigenvalue weighted by atomic mass is 16.1. The van der Waals surface area contributed by atoms with Crippen LogP contribution in [-0.4, -0.2) is 6.29 Å². The van der Waals surface area contributed by atoms with E-state index in [9.17, 15) is 4.79 Å². The maximum atomic E-state index is 10.0. The Hall–Kier alpha value is -1.37. The number of hydrogen-bond acceptors (Lipinski definition) is 1. The molecule has 74 valence electrons. The molecule has 0 heterocycles. The molecule has 1 rings (SSSR count). The van der Waals surface area contributed by atoms with Gasteiger partial charge in [-0.25, -0.2) is 0 Å². The third kappa shape index (κ3) is 4.61. The van der Waals surface area contributed by atoms with Gasteiger partial charge in [0.2, 0.25) is 0 Å². The first-order valence-corrected chi connectivity index (χ1v) is 5.08. The van der Waals surface area contributed by atoms with E-state index in [1.807, 2.05) is 18.2 Å². The average Bonchev–Trinajstić information content (AvgIpc) is 2.25. The smallest absolute Gasteiger partial charge is 0.119 e. The van der Waals surface area contributed by atoms with Crippen LogP contribution in [0, 0.1) is 0 Å². The van der Waals surface area contributed by atoms with E-state index in [4.69, 9.17) is 0 Å². The molecule has 0 radical (unpaired) electrons. The summed E-state index contributed by atoms with van der Waals surface area (Å²) in [5, 5.41) is 0. The van der Waals surface area contributed by atoms with Crippen molar-refractivity contribution in [1.29, 1.82) is 0 Å². The van der Waals surface area contributed by atoms with Crippen molar-refractivity contribution in [3.05, 3.63) is 42.0 Å². The van der Waals surface area contributed by atoms with Crippen LogP contribution in [0.1, 0.15) is 31.2 Å². The molecule has 1 aromatic rings. The van der Waals surface area contributed by atoms with E-state index in [0.29, 0.717) is 6.42 Å². The van der Waals surface area contributed by atoms with Crippen molar-refractivity contribution >= 4 is 12.4 Å². The standard InChI is InChI=1S/C13H16O/c14-12-8-3-1-2-5-9-13-10-6-4-7-11-13/h4-7,9-12H,1-3,8H2/b9-5+. The molecule has 1 nitrogen and oxygen atoms in total. The highest BCUT2D eigenvalue weighted by molar-refractivity contribution is 5.49. The summed E-state index contributed by atoms with van der Waals surface area (Å²) in [5.74, 6) is 0. The summed E-state index contributed by atoms with van der Waals surface area (Å²) in [6, 6.07) is 10.3. The average molecular weight is 188 g/mol. The minimum Gasteiger partial charge on any atom is -0.303 e. The summed E-state index contributed by atoms with van der Waals surface area (Å²) in [6.45, 7) is 0. The molecular weight excluding hydrogens is 172 g/mol. The van der Waals surface area contributed by atoms with Gasteiger partial charge in [-0.3, -0.25) is 0 Å². The van der Waals surface area contributed by atoms with Crippen LogP contribution < -0.4 is 0 Å². The fraction of sp³-hybridized carbons (Fsp3) is 0.308. The molecular formula is C13H16O. The maximum absolute atomic E-state index is 10.0. The molecule has 1 heteroatoms. The first kappa shape index (κ1) is 10.7. The van der Waals surface area contributed by atoms with Crippen LogP contribution in [0.15, 0.2) is 36.4 Å². The van der Waals surface area contributed by atoms with E-state index in [1.54, 1.807) is 0 Å². The second kappa shape index (κ2) is 7.07. The Bertz CT molecular complexity index is 275. The van der Waals surface area contributed by atoms with E-state index < -0.39 is 0 Å². The van der Waals surface area contributed by atoms with Gasteiger partial charge < -0.3 is 4.79 Å². The quantitative estimate of drug-likeness (QED) is 0.493. The Labute approximate surface area is 85.5 Å². The zero-order valence-corrected chi connectivity index (χ0v) is 8.36. The number of hydrogen-bond donors (Lipinski definition) is 0. The van der Waals surface area contributed by atoms with Crippen molar-refractivity contribution < 1.29 is 4.79 Å². The van der Waals surface area contributed by atoms with Crippen LogP contribution in [0.4, 0.5) is 0 Å². The summed E-state index contributed by atoms with van der Waals surface area (Å²) >= 11 is 0. The Morgan fingerprint density at radius 1 is 1.00 bits per heavy atom. The number of aldehydes is 1. The van der Waals surface area contributed by atoms with Crippen molar-refractivity contribution in [2.24, 2.45) is 0 Å². The Balaban J connectivity index is 2.18. The fourth-order valence-corrected chi connectivity index (χ4v) is 1.27. The normalized spacial score (nSPS) is 10.6. The molecule has 0 unspecified atom stereocenters. The lowest BCUT2D eigenvalue weighted by Crippen LogP contribution is -1.76. The molecule has 0 aromatic heterocycles. The van der Waals surface area contributed by atoms with E-state index in [2.05, 4.69) is 24.3 Å².